The van der Waals surface area contributed by atoms with E-state index < -0.39 is 28.4 Å². The molecule has 3 aliphatic heterocycles. The highest BCUT2D eigenvalue weighted by Crippen LogP contribution is 2.67. The first kappa shape index (κ1) is 20.7. The van der Waals surface area contributed by atoms with Gasteiger partial charge in [0, 0.05) is 37.5 Å². The van der Waals surface area contributed by atoms with Crippen LogP contribution in [0.1, 0.15) is 17.5 Å². The van der Waals surface area contributed by atoms with Crippen LogP contribution in [-0.2, 0) is 30.3 Å². The maximum absolute atomic E-state index is 14.1. The molecule has 32 heavy (non-hydrogen) atoms. The molecule has 166 valence electrons. The van der Waals surface area contributed by atoms with E-state index in [2.05, 4.69) is 0 Å². The summed E-state index contributed by atoms with van der Waals surface area (Å²) >= 11 is 0. The lowest BCUT2D eigenvalue weighted by molar-refractivity contribution is -0.195. The number of ether oxygens (including phenoxy) is 1. The number of hydrogen-bond acceptors (Lipinski definition) is 6. The van der Waals surface area contributed by atoms with Crippen molar-refractivity contribution in [1.29, 1.82) is 0 Å². The molecule has 2 amide bonds. The molecular formula is C24H25N3O5. The molecule has 0 aliphatic carbocycles. The number of likely N-dealkylation sites (N-methyl/N-ethyl adjacent to an activating group) is 3. The van der Waals surface area contributed by atoms with Crippen molar-refractivity contribution in [2.75, 3.05) is 44.6 Å². The van der Waals surface area contributed by atoms with Gasteiger partial charge in [0.2, 0.25) is 0 Å². The predicted molar refractivity (Wildman–Crippen MR) is 117 cm³/mol. The summed E-state index contributed by atoms with van der Waals surface area (Å²) in [6.45, 7) is 0.310. The van der Waals surface area contributed by atoms with Crippen molar-refractivity contribution in [3.63, 3.8) is 0 Å². The summed E-state index contributed by atoms with van der Waals surface area (Å²) in [5.74, 6) is -1.82. The Morgan fingerprint density at radius 1 is 0.906 bits per heavy atom. The Bertz CT molecular complexity index is 1180. The molecule has 2 aromatic carbocycles. The van der Waals surface area contributed by atoms with E-state index in [9.17, 15) is 19.5 Å². The van der Waals surface area contributed by atoms with Crippen LogP contribution in [0.25, 0.3) is 0 Å². The van der Waals surface area contributed by atoms with Crippen molar-refractivity contribution >= 4 is 29.2 Å². The van der Waals surface area contributed by atoms with Crippen LogP contribution < -0.4 is 9.80 Å². The molecule has 3 atom stereocenters. The Labute approximate surface area is 186 Å². The number of esters is 1. The predicted octanol–water partition coefficient (Wildman–Crippen LogP) is 1.22. The zero-order chi connectivity index (χ0) is 23.1. The maximum atomic E-state index is 14.1. The van der Waals surface area contributed by atoms with Crippen molar-refractivity contribution in [3.8, 4) is 0 Å². The van der Waals surface area contributed by atoms with Crippen molar-refractivity contribution in [3.05, 3.63) is 59.7 Å². The van der Waals surface area contributed by atoms with E-state index in [1.807, 2.05) is 6.07 Å². The van der Waals surface area contributed by atoms with Gasteiger partial charge in [-0.15, -0.1) is 0 Å². The molecule has 2 aromatic rings. The van der Waals surface area contributed by atoms with E-state index in [4.69, 9.17) is 4.74 Å². The van der Waals surface area contributed by atoms with Crippen LogP contribution in [0.5, 0.6) is 0 Å². The Balaban J connectivity index is 1.93. The smallest absolute Gasteiger partial charge is 0.318 e. The number of para-hydroxylation sites is 2. The van der Waals surface area contributed by atoms with Crippen LogP contribution in [0.3, 0.4) is 0 Å². The number of fused-ring (bicyclic) bond motifs is 3. The molecular weight excluding hydrogens is 410 g/mol. The van der Waals surface area contributed by atoms with Crippen molar-refractivity contribution in [2.45, 2.75) is 17.6 Å². The van der Waals surface area contributed by atoms with Gasteiger partial charge in [-0.25, -0.2) is 0 Å². The number of methoxy groups -OCH3 is 1. The van der Waals surface area contributed by atoms with Gasteiger partial charge in [0.1, 0.15) is 11.0 Å². The molecule has 8 heteroatoms. The number of carbonyl (C=O) groups excluding carboxylic acids is 3. The monoisotopic (exact) mass is 435 g/mol. The van der Waals surface area contributed by atoms with Gasteiger partial charge in [0.05, 0.1) is 12.8 Å². The van der Waals surface area contributed by atoms with Gasteiger partial charge in [0.25, 0.3) is 11.8 Å². The van der Waals surface area contributed by atoms with Crippen LogP contribution >= 0.6 is 0 Å². The lowest BCUT2D eigenvalue weighted by atomic mass is 9.56. The Hall–Kier alpha value is -3.23. The van der Waals surface area contributed by atoms with E-state index in [-0.39, 0.29) is 12.3 Å². The van der Waals surface area contributed by atoms with Crippen LogP contribution in [0.15, 0.2) is 48.5 Å². The summed E-state index contributed by atoms with van der Waals surface area (Å²) < 4.78 is 5.28. The number of aliphatic hydroxyl groups is 1. The van der Waals surface area contributed by atoms with Crippen LogP contribution in [0.4, 0.5) is 11.4 Å². The van der Waals surface area contributed by atoms with Crippen molar-refractivity contribution in [2.24, 2.45) is 5.41 Å². The number of hydrogen-bond donors (Lipinski definition) is 1. The number of carbonyl (C=O) groups is 3. The zero-order valence-corrected chi connectivity index (χ0v) is 18.5. The number of likely N-dealkylation sites (tertiary alicyclic amines) is 1. The minimum Gasteiger partial charge on any atom is -0.468 e. The zero-order valence-electron chi connectivity index (χ0n) is 18.5. The van der Waals surface area contributed by atoms with E-state index in [0.29, 0.717) is 29.0 Å². The number of anilines is 2. The Morgan fingerprint density at radius 2 is 1.44 bits per heavy atom. The Morgan fingerprint density at radius 3 is 2.06 bits per heavy atom. The van der Waals surface area contributed by atoms with Crippen molar-refractivity contribution < 1.29 is 24.2 Å². The summed E-state index contributed by atoms with van der Waals surface area (Å²) in [6.07, 6.45) is 0.0640. The average molecular weight is 435 g/mol. The Kier molecular flexibility index (Phi) is 4.13. The van der Waals surface area contributed by atoms with Crippen molar-refractivity contribution in [1.82, 2.24) is 4.90 Å². The SMILES string of the molecule is COC(=O)C1(C2(O)C(=O)N(C)c3ccccc32)CCN(C)C12C(=O)N(C)c1ccccc12. The van der Waals surface area contributed by atoms with Gasteiger partial charge >= 0.3 is 5.97 Å². The third-order valence-electron chi connectivity index (χ3n) is 7.70. The highest BCUT2D eigenvalue weighted by Gasteiger charge is 2.82. The minimum absolute atomic E-state index is 0.0640. The second kappa shape index (κ2) is 6.40. The fraction of sp³-hybridized carbons (Fsp3) is 0.375. The molecule has 3 aliphatic rings. The quantitative estimate of drug-likeness (QED) is 0.714. The van der Waals surface area contributed by atoms with Gasteiger partial charge in [-0.2, -0.15) is 0 Å². The lowest BCUT2D eigenvalue weighted by Crippen LogP contribution is -2.69. The second-order valence-electron chi connectivity index (χ2n) is 8.75. The van der Waals surface area contributed by atoms with Crippen LogP contribution in [-0.4, -0.2) is 62.6 Å². The molecule has 3 unspecified atom stereocenters. The van der Waals surface area contributed by atoms with E-state index in [0.717, 1.165) is 0 Å². The standard InChI is InChI=1S/C24H25N3O5/c1-25-14-13-22(21(30)32-4,23(25)15-9-5-7-11-17(15)26(2)19(23)28)24(31)16-10-6-8-12-18(16)27(3)20(24)29/h5-12,31H,13-14H2,1-4H3. The fourth-order valence-corrected chi connectivity index (χ4v) is 6.30. The highest BCUT2D eigenvalue weighted by molar-refractivity contribution is 6.16. The molecule has 1 saturated heterocycles. The largest absolute Gasteiger partial charge is 0.468 e. The normalized spacial score (nSPS) is 31.4. The van der Waals surface area contributed by atoms with Gasteiger partial charge in [0.15, 0.2) is 5.60 Å². The van der Waals surface area contributed by atoms with Crippen LogP contribution in [0, 0.1) is 5.41 Å². The molecule has 1 fully saturated rings. The van der Waals surface area contributed by atoms with Gasteiger partial charge in [-0.1, -0.05) is 36.4 Å². The second-order valence-corrected chi connectivity index (χ2v) is 8.75. The molecule has 1 N–H and O–H groups in total. The molecule has 0 aromatic heterocycles. The topological polar surface area (TPSA) is 90.4 Å². The third-order valence-corrected chi connectivity index (χ3v) is 7.70. The number of amides is 2. The van der Waals surface area contributed by atoms with E-state index in [1.54, 1.807) is 68.5 Å². The molecule has 1 spiro atoms. The molecule has 0 saturated carbocycles. The maximum Gasteiger partial charge on any atom is 0.318 e. The summed E-state index contributed by atoms with van der Waals surface area (Å²) in [6, 6.07) is 14.0. The lowest BCUT2D eigenvalue weighted by Gasteiger charge is -2.49. The minimum atomic E-state index is -2.30. The van der Waals surface area contributed by atoms with E-state index in [1.165, 1.54) is 16.9 Å². The first-order valence-electron chi connectivity index (χ1n) is 10.5. The fourth-order valence-electron chi connectivity index (χ4n) is 6.30. The summed E-state index contributed by atoms with van der Waals surface area (Å²) in [5.41, 5.74) is -3.81. The molecule has 3 heterocycles. The molecule has 5 rings (SSSR count). The van der Waals surface area contributed by atoms with Crippen LogP contribution in [0.2, 0.25) is 0 Å². The van der Waals surface area contributed by atoms with E-state index >= 15 is 0 Å². The number of benzene rings is 2. The first-order chi connectivity index (χ1) is 15.2. The number of rotatable bonds is 2. The number of nitrogens with zero attached hydrogens (tertiary/aromatic N) is 3. The summed E-state index contributed by atoms with van der Waals surface area (Å²) in [5, 5.41) is 12.4. The highest BCUT2D eigenvalue weighted by atomic mass is 16.5. The summed E-state index contributed by atoms with van der Waals surface area (Å²) in [4.78, 5) is 46.3. The van der Waals surface area contributed by atoms with Gasteiger partial charge in [-0.05, 0) is 25.6 Å². The molecule has 8 nitrogen and oxygen atoms in total. The summed E-state index contributed by atoms with van der Waals surface area (Å²) in [7, 11) is 6.18. The van der Waals surface area contributed by atoms with Gasteiger partial charge in [-0.3, -0.25) is 19.3 Å². The molecule has 0 radical (unpaired) electrons. The first-order valence-corrected chi connectivity index (χ1v) is 10.5. The average Bonchev–Trinajstić information content (AvgIpc) is 3.33. The van der Waals surface area contributed by atoms with Gasteiger partial charge < -0.3 is 19.6 Å². The third kappa shape index (κ3) is 1.90. The molecule has 0 bridgehead atoms.